The molecule has 208 valence electrons. The Kier molecular flexibility index (Phi) is 8.64. The molecule has 0 aliphatic carbocycles. The van der Waals surface area contributed by atoms with Crippen LogP contribution in [0.15, 0.2) is 120 Å². The van der Waals surface area contributed by atoms with Crippen molar-refractivity contribution in [1.82, 2.24) is 20.8 Å². The van der Waals surface area contributed by atoms with E-state index in [2.05, 4.69) is 31.0 Å². The first kappa shape index (κ1) is 27.8. The fourth-order valence-electron chi connectivity index (χ4n) is 4.39. The van der Waals surface area contributed by atoms with E-state index < -0.39 is 0 Å². The van der Waals surface area contributed by atoms with Gasteiger partial charge in [0.15, 0.2) is 0 Å². The summed E-state index contributed by atoms with van der Waals surface area (Å²) in [7, 11) is 0. The van der Waals surface area contributed by atoms with E-state index >= 15 is 0 Å². The number of rotatable bonds is 7. The van der Waals surface area contributed by atoms with Crippen LogP contribution in [0.3, 0.4) is 0 Å². The van der Waals surface area contributed by atoms with E-state index in [1.165, 1.54) is 0 Å². The smallest absolute Gasteiger partial charge is 0.271 e. The molecule has 6 aromatic rings. The molecular formula is C34H30N6O2. The van der Waals surface area contributed by atoms with Crippen LogP contribution in [-0.4, -0.2) is 34.2 Å². The Morgan fingerprint density at radius 3 is 1.38 bits per heavy atom. The maximum absolute atomic E-state index is 12.5. The van der Waals surface area contributed by atoms with Gasteiger partial charge in [-0.25, -0.2) is 10.9 Å². The molecule has 0 spiro atoms. The van der Waals surface area contributed by atoms with E-state index in [4.69, 9.17) is 0 Å². The third-order valence-electron chi connectivity index (χ3n) is 6.54. The second-order valence-electron chi connectivity index (χ2n) is 9.20. The lowest BCUT2D eigenvalue weighted by atomic mass is 10.0. The number of amides is 2. The van der Waals surface area contributed by atoms with E-state index in [0.29, 0.717) is 11.1 Å². The van der Waals surface area contributed by atoms with Gasteiger partial charge in [-0.15, -0.1) is 0 Å². The van der Waals surface area contributed by atoms with Crippen molar-refractivity contribution in [3.63, 3.8) is 0 Å². The highest BCUT2D eigenvalue weighted by molar-refractivity contribution is 5.97. The average Bonchev–Trinajstić information content (AvgIpc) is 3.71. The zero-order valence-electron chi connectivity index (χ0n) is 23.3. The van der Waals surface area contributed by atoms with E-state index in [1.54, 1.807) is 36.7 Å². The summed E-state index contributed by atoms with van der Waals surface area (Å²) in [6, 6.07) is 30.1. The first-order valence-electron chi connectivity index (χ1n) is 13.6. The van der Waals surface area contributed by atoms with Gasteiger partial charge in [-0.3, -0.25) is 9.59 Å². The molecule has 0 radical (unpaired) electrons. The van der Waals surface area contributed by atoms with Crippen LogP contribution in [0.4, 0.5) is 0 Å². The maximum Gasteiger partial charge on any atom is 0.271 e. The van der Waals surface area contributed by atoms with Crippen LogP contribution in [-0.2, 0) is 0 Å². The second kappa shape index (κ2) is 13.1. The summed E-state index contributed by atoms with van der Waals surface area (Å²) in [5.74, 6) is -0.600. The average molecular weight is 555 g/mol. The van der Waals surface area contributed by atoms with Crippen LogP contribution < -0.4 is 10.9 Å². The molecule has 8 heteroatoms. The largest absolute Gasteiger partial charge is 0.361 e. The Bertz CT molecular complexity index is 1740. The molecule has 4 N–H and O–H groups in total. The summed E-state index contributed by atoms with van der Waals surface area (Å²) < 4.78 is 0. The number of aromatic amines is 2. The molecule has 0 unspecified atom stereocenters. The van der Waals surface area contributed by atoms with E-state index in [0.717, 1.165) is 44.1 Å². The van der Waals surface area contributed by atoms with Crippen molar-refractivity contribution < 1.29 is 9.59 Å². The number of carbonyl (C=O) groups excluding carboxylic acids is 2. The summed E-state index contributed by atoms with van der Waals surface area (Å²) in [4.78, 5) is 31.3. The van der Waals surface area contributed by atoms with Gasteiger partial charge in [0.1, 0.15) is 0 Å². The lowest BCUT2D eigenvalue weighted by Crippen LogP contribution is -2.17. The second-order valence-corrected chi connectivity index (χ2v) is 9.20. The van der Waals surface area contributed by atoms with E-state index in [-0.39, 0.29) is 11.8 Å². The lowest BCUT2D eigenvalue weighted by Gasteiger charge is -2.05. The molecule has 0 fully saturated rings. The van der Waals surface area contributed by atoms with Crippen molar-refractivity contribution in [2.75, 3.05) is 0 Å². The van der Waals surface area contributed by atoms with Gasteiger partial charge in [0.2, 0.25) is 0 Å². The monoisotopic (exact) mass is 554 g/mol. The number of benzene rings is 4. The lowest BCUT2D eigenvalue weighted by molar-refractivity contribution is 0.0947. The van der Waals surface area contributed by atoms with Crippen LogP contribution in [0, 0.1) is 0 Å². The fraction of sp³-hybridized carbons (Fsp3) is 0.0588. The minimum atomic E-state index is -0.300. The van der Waals surface area contributed by atoms with Gasteiger partial charge in [0.25, 0.3) is 11.8 Å². The predicted molar refractivity (Wildman–Crippen MR) is 170 cm³/mol. The molecule has 0 aliphatic rings. The summed E-state index contributed by atoms with van der Waals surface area (Å²) >= 11 is 0. The first-order chi connectivity index (χ1) is 20.6. The van der Waals surface area contributed by atoms with Gasteiger partial charge >= 0.3 is 0 Å². The molecule has 0 aliphatic heterocycles. The Hall–Kier alpha value is -5.76. The number of aromatic nitrogens is 2. The maximum atomic E-state index is 12.5. The number of hydrogen-bond acceptors (Lipinski definition) is 4. The third-order valence-corrected chi connectivity index (χ3v) is 6.54. The number of nitrogens with one attached hydrogen (secondary N) is 4. The summed E-state index contributed by atoms with van der Waals surface area (Å²) in [5.41, 5.74) is 11.8. The van der Waals surface area contributed by atoms with Crippen LogP contribution in [0.25, 0.3) is 32.9 Å². The summed E-state index contributed by atoms with van der Waals surface area (Å²) in [6.07, 6.45) is 6.99. The Labute approximate surface area is 243 Å². The molecule has 0 saturated carbocycles. The van der Waals surface area contributed by atoms with Crippen molar-refractivity contribution in [1.29, 1.82) is 0 Å². The predicted octanol–water partition coefficient (Wildman–Crippen LogP) is 6.87. The topological polar surface area (TPSA) is 114 Å². The molecule has 4 aromatic carbocycles. The molecule has 2 heterocycles. The van der Waals surface area contributed by atoms with Gasteiger partial charge < -0.3 is 9.97 Å². The van der Waals surface area contributed by atoms with Crippen molar-refractivity contribution in [2.24, 2.45) is 10.2 Å². The molecule has 8 nitrogen and oxygen atoms in total. The number of carbonyl (C=O) groups is 2. The highest BCUT2D eigenvalue weighted by atomic mass is 16.2. The van der Waals surface area contributed by atoms with Gasteiger partial charge in [0.05, 0.1) is 12.4 Å². The zero-order valence-corrected chi connectivity index (χ0v) is 23.3. The Morgan fingerprint density at radius 2 is 0.976 bits per heavy atom. The SMILES string of the molecule is CC.O=C(N/N=C/c1ccc2[nH]ccc2c1)c1ccc(-c2ccc(C(=O)N/N=C/c3ccc4[nH]ccc4c3)cc2)cc1. The molecule has 0 atom stereocenters. The molecule has 0 bridgehead atoms. The number of nitrogens with zero attached hydrogens (tertiary/aromatic N) is 2. The van der Waals surface area contributed by atoms with Crippen LogP contribution in [0.5, 0.6) is 0 Å². The van der Waals surface area contributed by atoms with Gasteiger partial charge in [0, 0.05) is 34.6 Å². The standard InChI is InChI=1S/C32H24N6O2.C2H6/c39-31(37-35-19-21-1-11-29-27(17-21)13-15-33-29)25-7-3-23(4-8-25)24-5-9-26(10-6-24)32(40)38-36-20-22-2-12-30-28(18-22)14-16-34-30;1-2/h1-20,33-34H,(H,37,39)(H,38,40);1-2H3/b35-19+,36-20+;. The minimum absolute atomic E-state index is 0.300. The van der Waals surface area contributed by atoms with Crippen molar-refractivity contribution in [3.8, 4) is 11.1 Å². The van der Waals surface area contributed by atoms with Crippen molar-refractivity contribution in [2.45, 2.75) is 13.8 Å². The van der Waals surface area contributed by atoms with Gasteiger partial charge in [-0.1, -0.05) is 50.2 Å². The molecule has 0 saturated heterocycles. The normalized spacial score (nSPS) is 11.1. The highest BCUT2D eigenvalue weighted by Crippen LogP contribution is 2.21. The molecular weight excluding hydrogens is 524 g/mol. The van der Waals surface area contributed by atoms with Crippen LogP contribution >= 0.6 is 0 Å². The number of H-pyrrole nitrogens is 2. The molecule has 6 rings (SSSR count). The van der Waals surface area contributed by atoms with Gasteiger partial charge in [-0.2, -0.15) is 10.2 Å². The molecule has 42 heavy (non-hydrogen) atoms. The summed E-state index contributed by atoms with van der Waals surface area (Å²) in [6.45, 7) is 4.00. The third kappa shape index (κ3) is 6.51. The minimum Gasteiger partial charge on any atom is -0.361 e. The Morgan fingerprint density at radius 1 is 0.571 bits per heavy atom. The molecule has 2 amide bonds. The zero-order chi connectivity index (χ0) is 29.3. The van der Waals surface area contributed by atoms with Crippen LogP contribution in [0.1, 0.15) is 45.7 Å². The number of hydrogen-bond donors (Lipinski definition) is 4. The van der Waals surface area contributed by atoms with Crippen molar-refractivity contribution >= 4 is 46.0 Å². The molecule has 2 aromatic heterocycles. The number of hydrazone groups is 2. The highest BCUT2D eigenvalue weighted by Gasteiger charge is 2.08. The van der Waals surface area contributed by atoms with Crippen LogP contribution in [0.2, 0.25) is 0 Å². The van der Waals surface area contributed by atoms with Gasteiger partial charge in [-0.05, 0) is 93.7 Å². The quantitative estimate of drug-likeness (QED) is 0.127. The first-order valence-corrected chi connectivity index (χ1v) is 13.6. The fourth-order valence-corrected chi connectivity index (χ4v) is 4.39. The Balaban J connectivity index is 0.00000173. The van der Waals surface area contributed by atoms with E-state index in [1.807, 2.05) is 99.0 Å². The number of fused-ring (bicyclic) bond motifs is 2. The summed E-state index contributed by atoms with van der Waals surface area (Å²) in [5, 5.41) is 10.3. The van der Waals surface area contributed by atoms with Crippen molar-refractivity contribution in [3.05, 3.63) is 132 Å². The van der Waals surface area contributed by atoms with E-state index in [9.17, 15) is 9.59 Å².